The number of rotatable bonds is 8. The summed E-state index contributed by atoms with van der Waals surface area (Å²) in [5.74, 6) is -0.0357. The Morgan fingerprint density at radius 1 is 0.840 bits per heavy atom. The first-order valence-electron chi connectivity index (χ1n) is 7.97. The van der Waals surface area contributed by atoms with Gasteiger partial charge in [-0.05, 0) is 55.0 Å². The van der Waals surface area contributed by atoms with E-state index in [0.29, 0.717) is 29.2 Å². The zero-order valence-corrected chi connectivity index (χ0v) is 13.9. The minimum atomic E-state index is -0.547. The Morgan fingerprint density at radius 2 is 1.40 bits per heavy atom. The third-order valence-corrected chi connectivity index (χ3v) is 3.19. The van der Waals surface area contributed by atoms with Gasteiger partial charge in [-0.3, -0.25) is 0 Å². The van der Waals surface area contributed by atoms with Gasteiger partial charge in [0.05, 0.1) is 24.3 Å². The number of benzene rings is 2. The van der Waals surface area contributed by atoms with Crippen LogP contribution in [0.2, 0.25) is 0 Å². The highest BCUT2D eigenvalue weighted by Crippen LogP contribution is 2.17. The lowest BCUT2D eigenvalue weighted by molar-refractivity contribution is 0.0433. The van der Waals surface area contributed by atoms with Crippen LogP contribution in [-0.4, -0.2) is 36.9 Å². The maximum atomic E-state index is 12.1. The molecule has 2 rings (SSSR count). The zero-order valence-electron chi connectivity index (χ0n) is 13.9. The number of carbonyl (C=O) groups is 2. The van der Waals surface area contributed by atoms with Crippen LogP contribution in [0.15, 0.2) is 48.5 Å². The highest BCUT2D eigenvalue weighted by Gasteiger charge is 2.11. The van der Waals surface area contributed by atoms with Gasteiger partial charge >= 0.3 is 11.9 Å². The number of carbonyl (C=O) groups excluding carboxylic acids is 2. The monoisotopic (exact) mass is 344 g/mol. The van der Waals surface area contributed by atoms with Crippen molar-refractivity contribution in [2.24, 2.45) is 0 Å². The Bertz CT molecular complexity index is 691. The van der Waals surface area contributed by atoms with Crippen molar-refractivity contribution >= 4 is 11.9 Å². The summed E-state index contributed by atoms with van der Waals surface area (Å²) in [6.45, 7) is 2.34. The summed E-state index contributed by atoms with van der Waals surface area (Å²) >= 11 is 0. The fourth-order valence-electron chi connectivity index (χ4n) is 1.95. The van der Waals surface area contributed by atoms with Gasteiger partial charge in [0.2, 0.25) is 0 Å². The molecule has 25 heavy (non-hydrogen) atoms. The van der Waals surface area contributed by atoms with Crippen LogP contribution >= 0.6 is 0 Å². The molecule has 0 aliphatic heterocycles. The summed E-state index contributed by atoms with van der Waals surface area (Å²) in [5, 5.41) is 8.63. The predicted octanol–water partition coefficient (Wildman–Crippen LogP) is 2.84. The standard InChI is InChI=1S/C19H20O6/c1-2-12-23-16-7-3-15(4-8-16)19(22)25-17-9-5-14(6-10-17)18(21)24-13-11-20/h3-10,20H,2,11-13H2,1H3. The number of hydrogen-bond donors (Lipinski definition) is 1. The van der Waals surface area contributed by atoms with E-state index in [2.05, 4.69) is 0 Å². The highest BCUT2D eigenvalue weighted by atomic mass is 16.5. The molecule has 6 heteroatoms. The second-order valence-electron chi connectivity index (χ2n) is 5.15. The molecule has 1 N–H and O–H groups in total. The predicted molar refractivity (Wildman–Crippen MR) is 91.0 cm³/mol. The molecule has 0 saturated heterocycles. The molecule has 0 bridgehead atoms. The van der Waals surface area contributed by atoms with Crippen LogP contribution in [0.5, 0.6) is 11.5 Å². The average molecular weight is 344 g/mol. The molecule has 132 valence electrons. The molecule has 0 atom stereocenters. The molecule has 0 unspecified atom stereocenters. The number of hydrogen-bond acceptors (Lipinski definition) is 6. The second kappa shape index (κ2) is 9.44. The Morgan fingerprint density at radius 3 is 1.96 bits per heavy atom. The second-order valence-corrected chi connectivity index (χ2v) is 5.15. The lowest BCUT2D eigenvalue weighted by atomic mass is 10.2. The van der Waals surface area contributed by atoms with Gasteiger partial charge in [0.25, 0.3) is 0 Å². The minimum absolute atomic E-state index is 0.0620. The van der Waals surface area contributed by atoms with E-state index in [9.17, 15) is 9.59 Å². The van der Waals surface area contributed by atoms with E-state index in [1.54, 1.807) is 24.3 Å². The van der Waals surface area contributed by atoms with Crippen molar-refractivity contribution in [2.45, 2.75) is 13.3 Å². The third kappa shape index (κ3) is 5.61. The van der Waals surface area contributed by atoms with E-state index >= 15 is 0 Å². The topological polar surface area (TPSA) is 82.1 Å². The summed E-state index contributed by atoms with van der Waals surface area (Å²) in [5.41, 5.74) is 0.709. The van der Waals surface area contributed by atoms with Crippen LogP contribution in [0.1, 0.15) is 34.1 Å². The summed E-state index contributed by atoms with van der Waals surface area (Å²) < 4.78 is 15.5. The average Bonchev–Trinajstić information content (AvgIpc) is 2.65. The van der Waals surface area contributed by atoms with Crippen LogP contribution in [0.25, 0.3) is 0 Å². The van der Waals surface area contributed by atoms with Crippen molar-refractivity contribution < 1.29 is 28.9 Å². The molecular formula is C19H20O6. The molecule has 0 heterocycles. The van der Waals surface area contributed by atoms with E-state index in [0.717, 1.165) is 6.42 Å². The molecule has 0 aliphatic rings. The Balaban J connectivity index is 1.94. The maximum absolute atomic E-state index is 12.1. The smallest absolute Gasteiger partial charge is 0.343 e. The first-order chi connectivity index (χ1) is 12.1. The first kappa shape index (κ1) is 18.5. The van der Waals surface area contributed by atoms with Gasteiger partial charge in [-0.25, -0.2) is 9.59 Å². The molecule has 2 aromatic rings. The van der Waals surface area contributed by atoms with Gasteiger partial charge in [-0.2, -0.15) is 0 Å². The lowest BCUT2D eigenvalue weighted by Crippen LogP contribution is -2.10. The van der Waals surface area contributed by atoms with E-state index in [1.165, 1.54) is 24.3 Å². The normalized spacial score (nSPS) is 10.2. The molecule has 0 saturated carbocycles. The van der Waals surface area contributed by atoms with Crippen LogP contribution in [0.3, 0.4) is 0 Å². The lowest BCUT2D eigenvalue weighted by Gasteiger charge is -2.07. The summed E-state index contributed by atoms with van der Waals surface area (Å²) in [4.78, 5) is 23.7. The van der Waals surface area contributed by atoms with Crippen LogP contribution in [-0.2, 0) is 4.74 Å². The molecule has 0 fully saturated rings. The molecule has 0 aliphatic carbocycles. The first-order valence-corrected chi connectivity index (χ1v) is 7.97. The fraction of sp³-hybridized carbons (Fsp3) is 0.263. The molecular weight excluding hydrogens is 324 g/mol. The summed E-state index contributed by atoms with van der Waals surface area (Å²) in [7, 11) is 0. The van der Waals surface area contributed by atoms with Gasteiger partial charge in [-0.15, -0.1) is 0 Å². The van der Waals surface area contributed by atoms with Crippen molar-refractivity contribution in [3.05, 3.63) is 59.7 Å². The van der Waals surface area contributed by atoms with Gasteiger partial charge in [0, 0.05) is 0 Å². The van der Waals surface area contributed by atoms with E-state index in [4.69, 9.17) is 19.3 Å². The number of aliphatic hydroxyl groups is 1. The van der Waals surface area contributed by atoms with Crippen LogP contribution < -0.4 is 9.47 Å². The Labute approximate surface area is 146 Å². The van der Waals surface area contributed by atoms with E-state index in [-0.39, 0.29) is 13.2 Å². The Hall–Kier alpha value is -2.86. The highest BCUT2D eigenvalue weighted by molar-refractivity contribution is 5.92. The van der Waals surface area contributed by atoms with Crippen LogP contribution in [0, 0.1) is 0 Å². The van der Waals surface area contributed by atoms with Crippen LogP contribution in [0.4, 0.5) is 0 Å². The molecule has 0 aromatic heterocycles. The SMILES string of the molecule is CCCOc1ccc(C(=O)Oc2ccc(C(=O)OCCO)cc2)cc1. The molecule has 6 nitrogen and oxygen atoms in total. The molecule has 0 amide bonds. The van der Waals surface area contributed by atoms with Gasteiger partial charge < -0.3 is 19.3 Å². The number of esters is 2. The third-order valence-electron chi connectivity index (χ3n) is 3.19. The van der Waals surface area contributed by atoms with Crippen molar-refractivity contribution in [3.63, 3.8) is 0 Å². The van der Waals surface area contributed by atoms with E-state index < -0.39 is 11.9 Å². The molecule has 0 spiro atoms. The maximum Gasteiger partial charge on any atom is 0.343 e. The summed E-state index contributed by atoms with van der Waals surface area (Å²) in [6.07, 6.45) is 0.910. The van der Waals surface area contributed by atoms with Gasteiger partial charge in [-0.1, -0.05) is 6.92 Å². The summed E-state index contributed by atoms with van der Waals surface area (Å²) in [6, 6.07) is 12.7. The van der Waals surface area contributed by atoms with E-state index in [1.807, 2.05) is 6.92 Å². The zero-order chi connectivity index (χ0) is 18.1. The fourth-order valence-corrected chi connectivity index (χ4v) is 1.95. The van der Waals surface area contributed by atoms with Gasteiger partial charge in [0.1, 0.15) is 18.1 Å². The Kier molecular flexibility index (Phi) is 6.98. The minimum Gasteiger partial charge on any atom is -0.494 e. The molecule has 2 aromatic carbocycles. The number of aliphatic hydroxyl groups excluding tert-OH is 1. The molecule has 0 radical (unpaired) electrons. The van der Waals surface area contributed by atoms with Crippen molar-refractivity contribution in [2.75, 3.05) is 19.8 Å². The van der Waals surface area contributed by atoms with Gasteiger partial charge in [0.15, 0.2) is 0 Å². The quantitative estimate of drug-likeness (QED) is 0.586. The largest absolute Gasteiger partial charge is 0.494 e. The van der Waals surface area contributed by atoms with Crippen molar-refractivity contribution in [1.82, 2.24) is 0 Å². The van der Waals surface area contributed by atoms with Crippen molar-refractivity contribution in [3.8, 4) is 11.5 Å². The van der Waals surface area contributed by atoms with Crippen molar-refractivity contribution in [1.29, 1.82) is 0 Å². The number of ether oxygens (including phenoxy) is 3.